The maximum Gasteiger partial charge on any atom is 0.130 e. The Morgan fingerprint density at radius 1 is 1.35 bits per heavy atom. The van der Waals surface area contributed by atoms with Crippen LogP contribution in [-0.2, 0) is 4.74 Å². The van der Waals surface area contributed by atoms with Gasteiger partial charge < -0.3 is 15.2 Å². The van der Waals surface area contributed by atoms with E-state index in [-0.39, 0.29) is 18.0 Å². The quantitative estimate of drug-likeness (QED) is 0.934. The Morgan fingerprint density at radius 2 is 2.25 bits per heavy atom. The summed E-state index contributed by atoms with van der Waals surface area (Å²) in [5, 5.41) is 0.681. The number of ether oxygens (including phenoxy) is 2. The molecule has 1 aromatic carbocycles. The van der Waals surface area contributed by atoms with E-state index in [1.54, 1.807) is 18.3 Å². The molecule has 2 heterocycles. The average molecular weight is 276 g/mol. The van der Waals surface area contributed by atoms with Crippen LogP contribution in [0.4, 0.5) is 4.39 Å². The Morgan fingerprint density at radius 3 is 3.05 bits per heavy atom. The molecule has 3 rings (SSSR count). The molecule has 0 amide bonds. The highest BCUT2D eigenvalue weighted by atomic mass is 19.1. The lowest BCUT2D eigenvalue weighted by molar-refractivity contribution is -0.0194. The maximum atomic E-state index is 13.3. The lowest BCUT2D eigenvalue weighted by atomic mass is 10.1. The van der Waals surface area contributed by atoms with Gasteiger partial charge in [-0.05, 0) is 37.1 Å². The molecule has 1 saturated heterocycles. The summed E-state index contributed by atoms with van der Waals surface area (Å²) < 4.78 is 24.7. The molecule has 1 aliphatic rings. The number of rotatable bonds is 3. The summed E-state index contributed by atoms with van der Waals surface area (Å²) in [7, 11) is 0. The first kappa shape index (κ1) is 13.3. The van der Waals surface area contributed by atoms with Crippen molar-refractivity contribution in [3.8, 4) is 5.75 Å². The van der Waals surface area contributed by atoms with Crippen molar-refractivity contribution in [1.29, 1.82) is 0 Å². The van der Waals surface area contributed by atoms with E-state index in [4.69, 9.17) is 15.2 Å². The van der Waals surface area contributed by atoms with Crippen LogP contribution in [-0.4, -0.2) is 30.3 Å². The zero-order valence-electron chi connectivity index (χ0n) is 11.1. The van der Waals surface area contributed by atoms with E-state index in [1.165, 1.54) is 12.1 Å². The largest absolute Gasteiger partial charge is 0.490 e. The normalized spacial score (nSPS) is 22.9. The van der Waals surface area contributed by atoms with Gasteiger partial charge in [0.1, 0.15) is 18.2 Å². The maximum absolute atomic E-state index is 13.3. The van der Waals surface area contributed by atoms with Crippen molar-refractivity contribution in [3.05, 3.63) is 36.3 Å². The Kier molecular flexibility index (Phi) is 3.80. The van der Waals surface area contributed by atoms with Gasteiger partial charge in [0.15, 0.2) is 0 Å². The third-order valence-electron chi connectivity index (χ3n) is 3.49. The van der Waals surface area contributed by atoms with Gasteiger partial charge in [0.25, 0.3) is 0 Å². The van der Waals surface area contributed by atoms with Gasteiger partial charge in [-0.3, -0.25) is 4.98 Å². The molecule has 0 radical (unpaired) electrons. The molecule has 1 aliphatic heterocycles. The fraction of sp³-hybridized carbons (Fsp3) is 0.400. The molecule has 0 aliphatic carbocycles. The highest BCUT2D eigenvalue weighted by Crippen LogP contribution is 2.25. The van der Waals surface area contributed by atoms with Crippen LogP contribution >= 0.6 is 0 Å². The molecule has 106 valence electrons. The van der Waals surface area contributed by atoms with Crippen molar-refractivity contribution >= 4 is 10.9 Å². The number of hydrogen-bond donors (Lipinski definition) is 1. The zero-order valence-corrected chi connectivity index (χ0v) is 11.1. The Labute approximate surface area is 116 Å². The fourth-order valence-corrected chi connectivity index (χ4v) is 2.36. The number of fused-ring (bicyclic) bond motifs is 1. The van der Waals surface area contributed by atoms with Crippen LogP contribution in [0.3, 0.4) is 0 Å². The summed E-state index contributed by atoms with van der Waals surface area (Å²) in [5.41, 5.74) is 6.50. The second kappa shape index (κ2) is 5.73. The van der Waals surface area contributed by atoms with E-state index in [9.17, 15) is 4.39 Å². The van der Waals surface area contributed by atoms with E-state index < -0.39 is 0 Å². The number of halogens is 1. The number of hydrogen-bond acceptors (Lipinski definition) is 4. The minimum Gasteiger partial charge on any atom is -0.490 e. The third kappa shape index (κ3) is 2.89. The van der Waals surface area contributed by atoms with Crippen molar-refractivity contribution in [2.45, 2.75) is 25.0 Å². The first-order valence-corrected chi connectivity index (χ1v) is 6.76. The Hall–Kier alpha value is -1.72. The zero-order chi connectivity index (χ0) is 13.9. The highest BCUT2D eigenvalue weighted by Gasteiger charge is 2.19. The van der Waals surface area contributed by atoms with Gasteiger partial charge in [0.2, 0.25) is 0 Å². The molecule has 0 unspecified atom stereocenters. The Bertz CT molecular complexity index is 597. The van der Waals surface area contributed by atoms with Crippen molar-refractivity contribution in [3.63, 3.8) is 0 Å². The minimum absolute atomic E-state index is 0.0478. The van der Waals surface area contributed by atoms with E-state index in [1.807, 2.05) is 0 Å². The second-order valence-corrected chi connectivity index (χ2v) is 5.07. The minimum atomic E-state index is -0.296. The van der Waals surface area contributed by atoms with Gasteiger partial charge in [-0.1, -0.05) is 0 Å². The molecular weight excluding hydrogens is 259 g/mol. The average Bonchev–Trinajstić information content (AvgIpc) is 2.47. The van der Waals surface area contributed by atoms with Crippen LogP contribution in [0.5, 0.6) is 5.75 Å². The summed E-state index contributed by atoms with van der Waals surface area (Å²) in [6.07, 6.45) is 3.54. The first-order chi connectivity index (χ1) is 9.72. The smallest absolute Gasteiger partial charge is 0.130 e. The molecule has 5 heteroatoms. The molecule has 0 spiro atoms. The molecule has 2 N–H and O–H groups in total. The summed E-state index contributed by atoms with van der Waals surface area (Å²) in [6, 6.07) is 6.35. The van der Waals surface area contributed by atoms with Crippen LogP contribution in [0.1, 0.15) is 12.8 Å². The van der Waals surface area contributed by atoms with Gasteiger partial charge >= 0.3 is 0 Å². The fourth-order valence-electron chi connectivity index (χ4n) is 2.36. The van der Waals surface area contributed by atoms with Crippen molar-refractivity contribution in [1.82, 2.24) is 4.98 Å². The number of pyridine rings is 1. The van der Waals surface area contributed by atoms with E-state index in [2.05, 4.69) is 4.98 Å². The number of nitrogens with zero attached hydrogens (tertiary/aromatic N) is 1. The van der Waals surface area contributed by atoms with Crippen LogP contribution < -0.4 is 10.5 Å². The van der Waals surface area contributed by atoms with Crippen LogP contribution in [0.2, 0.25) is 0 Å². The van der Waals surface area contributed by atoms with Gasteiger partial charge in [0.05, 0.1) is 18.2 Å². The molecule has 2 aromatic rings. The molecule has 4 nitrogen and oxygen atoms in total. The van der Waals surface area contributed by atoms with E-state index >= 15 is 0 Å². The molecular formula is C15H17FN2O2. The van der Waals surface area contributed by atoms with E-state index in [0.717, 1.165) is 18.4 Å². The van der Waals surface area contributed by atoms with Gasteiger partial charge in [-0.15, -0.1) is 0 Å². The summed E-state index contributed by atoms with van der Waals surface area (Å²) in [4.78, 5) is 4.19. The standard InChI is InChI=1S/C15H17FN2O2/c16-10-1-4-14-13(7-10)15(5-6-18-14)20-9-12-3-2-11(17)8-19-12/h1,4-7,11-12H,2-3,8-9,17H2/t11-,12+/m1/s1. The highest BCUT2D eigenvalue weighted by molar-refractivity contribution is 5.84. The molecule has 0 bridgehead atoms. The molecule has 0 saturated carbocycles. The SMILES string of the molecule is N[C@@H]1CC[C@@H](COc2ccnc3ccc(F)cc23)OC1. The second-order valence-electron chi connectivity index (χ2n) is 5.07. The number of nitrogens with two attached hydrogens (primary N) is 1. The lowest BCUT2D eigenvalue weighted by Crippen LogP contribution is -2.37. The topological polar surface area (TPSA) is 57.4 Å². The van der Waals surface area contributed by atoms with Crippen molar-refractivity contribution < 1.29 is 13.9 Å². The number of aromatic nitrogens is 1. The van der Waals surface area contributed by atoms with Gasteiger partial charge in [0, 0.05) is 17.6 Å². The lowest BCUT2D eigenvalue weighted by Gasteiger charge is -2.26. The van der Waals surface area contributed by atoms with E-state index in [0.29, 0.717) is 24.3 Å². The van der Waals surface area contributed by atoms with Crippen LogP contribution in [0.15, 0.2) is 30.5 Å². The van der Waals surface area contributed by atoms with Crippen LogP contribution in [0.25, 0.3) is 10.9 Å². The van der Waals surface area contributed by atoms with Crippen LogP contribution in [0, 0.1) is 5.82 Å². The van der Waals surface area contributed by atoms with Crippen molar-refractivity contribution in [2.75, 3.05) is 13.2 Å². The summed E-state index contributed by atoms with van der Waals surface area (Å²) in [6.45, 7) is 1.02. The number of benzene rings is 1. The van der Waals surface area contributed by atoms with Gasteiger partial charge in [-0.25, -0.2) is 4.39 Å². The summed E-state index contributed by atoms with van der Waals surface area (Å²) >= 11 is 0. The predicted molar refractivity (Wildman–Crippen MR) is 74.1 cm³/mol. The molecule has 1 aromatic heterocycles. The summed E-state index contributed by atoms with van der Waals surface area (Å²) in [5.74, 6) is 0.336. The molecule has 1 fully saturated rings. The Balaban J connectivity index is 1.72. The van der Waals surface area contributed by atoms with Crippen molar-refractivity contribution in [2.24, 2.45) is 5.73 Å². The predicted octanol–water partition coefficient (Wildman–Crippen LogP) is 2.26. The molecule has 2 atom stereocenters. The monoisotopic (exact) mass is 276 g/mol. The first-order valence-electron chi connectivity index (χ1n) is 6.76. The third-order valence-corrected chi connectivity index (χ3v) is 3.49. The molecule has 20 heavy (non-hydrogen) atoms. The van der Waals surface area contributed by atoms with Gasteiger partial charge in [-0.2, -0.15) is 0 Å².